The number of nitrogens with zero attached hydrogens (tertiary/aromatic N) is 4. The lowest BCUT2D eigenvalue weighted by molar-refractivity contribution is -0.124. The topological polar surface area (TPSA) is 62.6 Å². The van der Waals surface area contributed by atoms with E-state index in [1.807, 2.05) is 12.4 Å². The number of hydrogen-bond acceptors (Lipinski definition) is 5. The van der Waals surface area contributed by atoms with Gasteiger partial charge in [0.25, 0.3) is 0 Å². The second kappa shape index (κ2) is 8.78. The molecule has 2 saturated heterocycles. The molecule has 1 aromatic rings. The van der Waals surface area contributed by atoms with Crippen molar-refractivity contribution in [2.24, 2.45) is 0 Å². The minimum Gasteiger partial charge on any atom is -0.381 e. The molecule has 3 rings (SSSR count). The Morgan fingerprint density at radius 3 is 2.88 bits per heavy atom. The Morgan fingerprint density at radius 1 is 1.36 bits per heavy atom. The highest BCUT2D eigenvalue weighted by Crippen LogP contribution is 2.13. The molecule has 0 saturated carbocycles. The summed E-state index contributed by atoms with van der Waals surface area (Å²) in [5.41, 5.74) is 0. The Kier molecular flexibility index (Phi) is 6.45. The van der Waals surface area contributed by atoms with Crippen LogP contribution in [0, 0.1) is 0 Å². The Labute approximate surface area is 150 Å². The molecule has 7 heteroatoms. The van der Waals surface area contributed by atoms with Crippen molar-refractivity contribution in [1.82, 2.24) is 24.7 Å². The number of aromatic nitrogens is 2. The van der Waals surface area contributed by atoms with E-state index < -0.39 is 0 Å². The van der Waals surface area contributed by atoms with Crippen molar-refractivity contribution in [1.29, 1.82) is 0 Å². The van der Waals surface area contributed by atoms with Crippen LogP contribution >= 0.6 is 0 Å². The molecule has 2 aliphatic heterocycles. The maximum atomic E-state index is 12.3. The number of aryl methyl sites for hydroxylation is 1. The van der Waals surface area contributed by atoms with Gasteiger partial charge in [-0.05, 0) is 26.7 Å². The van der Waals surface area contributed by atoms with Gasteiger partial charge in [-0.15, -0.1) is 0 Å². The average molecular weight is 349 g/mol. The van der Waals surface area contributed by atoms with Crippen LogP contribution in [-0.4, -0.2) is 76.7 Å². The van der Waals surface area contributed by atoms with Crippen LogP contribution in [0.3, 0.4) is 0 Å². The first-order valence-electron chi connectivity index (χ1n) is 9.49. The Bertz CT molecular complexity index is 555. The van der Waals surface area contributed by atoms with Crippen LogP contribution in [0.5, 0.6) is 0 Å². The SMILES string of the molecule is CCn1ccnc1CN1CCN(CC(=O)NC2CCOCC2)CC1C. The number of piperazine rings is 1. The van der Waals surface area contributed by atoms with E-state index in [-0.39, 0.29) is 11.9 Å². The number of carbonyl (C=O) groups excluding carboxylic acids is 1. The predicted octanol–water partition coefficient (Wildman–Crippen LogP) is 0.704. The molecule has 2 aliphatic rings. The van der Waals surface area contributed by atoms with E-state index in [9.17, 15) is 4.79 Å². The lowest BCUT2D eigenvalue weighted by Crippen LogP contribution is -2.54. The Hall–Kier alpha value is -1.44. The van der Waals surface area contributed by atoms with E-state index in [0.29, 0.717) is 12.6 Å². The van der Waals surface area contributed by atoms with Crippen molar-refractivity contribution in [3.63, 3.8) is 0 Å². The summed E-state index contributed by atoms with van der Waals surface area (Å²) in [6, 6.07) is 0.708. The predicted molar refractivity (Wildman–Crippen MR) is 96.2 cm³/mol. The van der Waals surface area contributed by atoms with Crippen molar-refractivity contribution in [2.45, 2.75) is 51.9 Å². The van der Waals surface area contributed by atoms with E-state index in [0.717, 1.165) is 64.6 Å². The molecule has 1 unspecified atom stereocenters. The highest BCUT2D eigenvalue weighted by atomic mass is 16.5. The quantitative estimate of drug-likeness (QED) is 0.819. The smallest absolute Gasteiger partial charge is 0.234 e. The average Bonchev–Trinajstić information content (AvgIpc) is 3.05. The number of ether oxygens (including phenoxy) is 1. The van der Waals surface area contributed by atoms with Crippen LogP contribution in [0.4, 0.5) is 0 Å². The van der Waals surface area contributed by atoms with Gasteiger partial charge < -0.3 is 14.6 Å². The maximum Gasteiger partial charge on any atom is 0.234 e. The van der Waals surface area contributed by atoms with Crippen molar-refractivity contribution < 1.29 is 9.53 Å². The van der Waals surface area contributed by atoms with E-state index in [2.05, 4.69) is 38.5 Å². The standard InChI is InChI=1S/C18H31N5O2/c1-3-22-7-6-19-17(22)13-23-9-8-21(12-15(23)2)14-18(24)20-16-4-10-25-11-5-16/h6-7,15-16H,3-5,8-14H2,1-2H3,(H,20,24). The highest BCUT2D eigenvalue weighted by molar-refractivity contribution is 5.78. The van der Waals surface area contributed by atoms with Crippen molar-refractivity contribution in [3.05, 3.63) is 18.2 Å². The fourth-order valence-corrected chi connectivity index (χ4v) is 3.73. The van der Waals surface area contributed by atoms with E-state index in [4.69, 9.17) is 4.74 Å². The van der Waals surface area contributed by atoms with Gasteiger partial charge in [-0.25, -0.2) is 4.98 Å². The van der Waals surface area contributed by atoms with Crippen LogP contribution < -0.4 is 5.32 Å². The minimum absolute atomic E-state index is 0.147. The Balaban J connectivity index is 1.44. The number of hydrogen-bond donors (Lipinski definition) is 1. The van der Waals surface area contributed by atoms with E-state index in [1.165, 1.54) is 0 Å². The van der Waals surface area contributed by atoms with Gasteiger partial charge in [0.05, 0.1) is 13.1 Å². The molecule has 1 N–H and O–H groups in total. The fraction of sp³-hybridized carbons (Fsp3) is 0.778. The maximum absolute atomic E-state index is 12.3. The Morgan fingerprint density at radius 2 is 2.16 bits per heavy atom. The highest BCUT2D eigenvalue weighted by Gasteiger charge is 2.26. The third-order valence-electron chi connectivity index (χ3n) is 5.29. The summed E-state index contributed by atoms with van der Waals surface area (Å²) in [5, 5.41) is 3.16. The first-order valence-corrected chi connectivity index (χ1v) is 9.49. The summed E-state index contributed by atoms with van der Waals surface area (Å²) in [6.45, 7) is 11.1. The zero-order chi connectivity index (χ0) is 17.6. The molecule has 1 aromatic heterocycles. The largest absolute Gasteiger partial charge is 0.381 e. The van der Waals surface area contributed by atoms with Gasteiger partial charge in [0, 0.05) is 63.9 Å². The summed E-state index contributed by atoms with van der Waals surface area (Å²) in [7, 11) is 0. The van der Waals surface area contributed by atoms with Crippen molar-refractivity contribution in [3.8, 4) is 0 Å². The first-order chi connectivity index (χ1) is 12.2. The molecule has 7 nitrogen and oxygen atoms in total. The molecule has 140 valence electrons. The van der Waals surface area contributed by atoms with Crippen LogP contribution in [0.1, 0.15) is 32.5 Å². The molecule has 0 radical (unpaired) electrons. The minimum atomic E-state index is 0.147. The second-order valence-corrected chi connectivity index (χ2v) is 7.14. The van der Waals surface area contributed by atoms with E-state index >= 15 is 0 Å². The fourth-order valence-electron chi connectivity index (χ4n) is 3.73. The molecule has 2 fully saturated rings. The van der Waals surface area contributed by atoms with Gasteiger partial charge in [0.1, 0.15) is 5.82 Å². The molecule has 0 aliphatic carbocycles. The summed E-state index contributed by atoms with van der Waals surface area (Å²) in [4.78, 5) is 21.5. The molecule has 1 amide bonds. The molecule has 0 bridgehead atoms. The third kappa shape index (κ3) is 5.03. The van der Waals surface area contributed by atoms with Gasteiger partial charge >= 0.3 is 0 Å². The van der Waals surface area contributed by atoms with Crippen LogP contribution in [0.15, 0.2) is 12.4 Å². The molecular weight excluding hydrogens is 318 g/mol. The summed E-state index contributed by atoms with van der Waals surface area (Å²) < 4.78 is 7.54. The normalized spacial score (nSPS) is 23.7. The van der Waals surface area contributed by atoms with E-state index in [1.54, 1.807) is 0 Å². The second-order valence-electron chi connectivity index (χ2n) is 7.14. The van der Waals surface area contributed by atoms with Crippen LogP contribution in [-0.2, 0) is 22.6 Å². The summed E-state index contributed by atoms with van der Waals surface area (Å²) in [6.07, 6.45) is 5.78. The molecule has 0 spiro atoms. The monoisotopic (exact) mass is 349 g/mol. The van der Waals surface area contributed by atoms with Crippen LogP contribution in [0.2, 0.25) is 0 Å². The van der Waals surface area contributed by atoms with Crippen molar-refractivity contribution in [2.75, 3.05) is 39.4 Å². The molecular formula is C18H31N5O2. The molecule has 25 heavy (non-hydrogen) atoms. The van der Waals surface area contributed by atoms with Crippen molar-refractivity contribution >= 4 is 5.91 Å². The third-order valence-corrected chi connectivity index (χ3v) is 5.29. The van der Waals surface area contributed by atoms with Gasteiger partial charge in [-0.2, -0.15) is 0 Å². The first kappa shape index (κ1) is 18.4. The van der Waals surface area contributed by atoms with Gasteiger partial charge in [0.2, 0.25) is 5.91 Å². The zero-order valence-corrected chi connectivity index (χ0v) is 15.5. The molecule has 0 aromatic carbocycles. The lowest BCUT2D eigenvalue weighted by Gasteiger charge is -2.39. The number of imidazole rings is 1. The lowest BCUT2D eigenvalue weighted by atomic mass is 10.1. The molecule has 3 heterocycles. The number of nitrogens with one attached hydrogen (secondary N) is 1. The van der Waals surface area contributed by atoms with Gasteiger partial charge in [0.15, 0.2) is 0 Å². The van der Waals surface area contributed by atoms with Crippen LogP contribution in [0.25, 0.3) is 0 Å². The summed E-state index contributed by atoms with van der Waals surface area (Å²) >= 11 is 0. The number of amides is 1. The van der Waals surface area contributed by atoms with Gasteiger partial charge in [-0.3, -0.25) is 14.6 Å². The van der Waals surface area contributed by atoms with Gasteiger partial charge in [-0.1, -0.05) is 0 Å². The number of carbonyl (C=O) groups is 1. The summed E-state index contributed by atoms with van der Waals surface area (Å²) in [5.74, 6) is 1.27. The number of rotatable bonds is 6. The molecule has 1 atom stereocenters. The zero-order valence-electron chi connectivity index (χ0n) is 15.5.